The molecule has 1 spiro atoms. The van der Waals surface area contributed by atoms with Gasteiger partial charge in [-0.25, -0.2) is 0 Å². The molecule has 4 nitrogen and oxygen atoms in total. The fourth-order valence-corrected chi connectivity index (χ4v) is 3.67. The van der Waals surface area contributed by atoms with Gasteiger partial charge in [-0.2, -0.15) is 0 Å². The maximum Gasteiger partial charge on any atom is 0.222 e. The van der Waals surface area contributed by atoms with Gasteiger partial charge in [-0.05, 0) is 43.7 Å². The lowest BCUT2D eigenvalue weighted by molar-refractivity contribution is -0.131. The summed E-state index contributed by atoms with van der Waals surface area (Å²) in [6, 6.07) is 8.12. The van der Waals surface area contributed by atoms with Crippen LogP contribution in [0.2, 0.25) is 0 Å². The Morgan fingerprint density at radius 3 is 2.91 bits per heavy atom. The van der Waals surface area contributed by atoms with E-state index in [1.54, 1.807) is 0 Å². The molecule has 1 atom stereocenters. The van der Waals surface area contributed by atoms with Gasteiger partial charge in [0, 0.05) is 19.6 Å². The molecule has 1 aromatic carbocycles. The molecular weight excluding hydrogens is 290 g/mol. The number of para-hydroxylation sites is 1. The molecule has 0 bridgehead atoms. The van der Waals surface area contributed by atoms with E-state index in [9.17, 15) is 4.79 Å². The van der Waals surface area contributed by atoms with E-state index in [4.69, 9.17) is 9.47 Å². The maximum absolute atomic E-state index is 12.3. The Morgan fingerprint density at radius 1 is 1.26 bits per heavy atom. The summed E-state index contributed by atoms with van der Waals surface area (Å²) in [6.45, 7) is 4.98. The fourth-order valence-electron chi connectivity index (χ4n) is 3.67. The first-order valence-electron chi connectivity index (χ1n) is 8.85. The number of rotatable bonds is 5. The summed E-state index contributed by atoms with van der Waals surface area (Å²) in [6.07, 6.45) is 5.63. The first-order chi connectivity index (χ1) is 11.2. The van der Waals surface area contributed by atoms with Crippen molar-refractivity contribution in [2.45, 2.75) is 51.0 Å². The minimum atomic E-state index is -0.0277. The smallest absolute Gasteiger partial charge is 0.222 e. The van der Waals surface area contributed by atoms with Gasteiger partial charge in [0.1, 0.15) is 12.4 Å². The van der Waals surface area contributed by atoms with Crippen molar-refractivity contribution >= 4 is 5.91 Å². The number of nitrogens with zero attached hydrogens (tertiary/aromatic N) is 1. The minimum absolute atomic E-state index is 0.0277. The average Bonchev–Trinajstić information content (AvgIpc) is 2.99. The van der Waals surface area contributed by atoms with Crippen LogP contribution < -0.4 is 4.74 Å². The predicted octanol–water partition coefficient (Wildman–Crippen LogP) is 3.19. The van der Waals surface area contributed by atoms with Gasteiger partial charge < -0.3 is 14.4 Å². The highest BCUT2D eigenvalue weighted by molar-refractivity contribution is 5.76. The van der Waals surface area contributed by atoms with Crippen LogP contribution in [-0.4, -0.2) is 42.7 Å². The van der Waals surface area contributed by atoms with Crippen LogP contribution in [0.5, 0.6) is 5.75 Å². The van der Waals surface area contributed by atoms with Crippen LogP contribution in [0.15, 0.2) is 24.3 Å². The number of aryl methyl sites for hydroxylation is 1. The number of carbonyl (C=O) groups is 1. The highest BCUT2D eigenvalue weighted by Gasteiger charge is 2.38. The van der Waals surface area contributed by atoms with Gasteiger partial charge in [0.25, 0.3) is 0 Å². The van der Waals surface area contributed by atoms with Crippen molar-refractivity contribution in [1.82, 2.24) is 4.90 Å². The second kappa shape index (κ2) is 7.35. The fraction of sp³-hybridized carbons (Fsp3) is 0.632. The molecule has 0 saturated carbocycles. The topological polar surface area (TPSA) is 38.8 Å². The first kappa shape index (κ1) is 16.3. The molecule has 3 rings (SSSR count). The summed E-state index contributed by atoms with van der Waals surface area (Å²) in [4.78, 5) is 14.3. The van der Waals surface area contributed by atoms with Crippen LogP contribution in [0.25, 0.3) is 0 Å². The third kappa shape index (κ3) is 3.86. The van der Waals surface area contributed by atoms with Gasteiger partial charge in [-0.3, -0.25) is 4.79 Å². The summed E-state index contributed by atoms with van der Waals surface area (Å²) in [5, 5.41) is 0. The summed E-state index contributed by atoms with van der Waals surface area (Å²) in [5.41, 5.74) is 1.19. The van der Waals surface area contributed by atoms with E-state index in [2.05, 4.69) is 13.0 Å². The second-order valence-corrected chi connectivity index (χ2v) is 6.58. The zero-order valence-electron chi connectivity index (χ0n) is 14.1. The monoisotopic (exact) mass is 317 g/mol. The van der Waals surface area contributed by atoms with E-state index in [-0.39, 0.29) is 11.5 Å². The van der Waals surface area contributed by atoms with E-state index >= 15 is 0 Å². The molecule has 0 N–H and O–H groups in total. The molecule has 1 aromatic rings. The van der Waals surface area contributed by atoms with Gasteiger partial charge in [0.05, 0.1) is 12.1 Å². The Morgan fingerprint density at radius 2 is 2.13 bits per heavy atom. The van der Waals surface area contributed by atoms with Crippen LogP contribution in [0.3, 0.4) is 0 Å². The van der Waals surface area contributed by atoms with Crippen LogP contribution in [0.4, 0.5) is 0 Å². The number of hydrogen-bond acceptors (Lipinski definition) is 3. The van der Waals surface area contributed by atoms with Crippen molar-refractivity contribution in [3.63, 3.8) is 0 Å². The molecule has 0 aromatic heterocycles. The standard InChI is InChI=1S/C19H27NO3/c1-2-16-6-3-4-7-17(16)22-15-13-20-12-11-19(9-5-14-23-19)10-8-18(20)21/h3-4,6-7H,2,5,8-15H2,1H3/t19-/m1/s1. The van der Waals surface area contributed by atoms with Crippen LogP contribution in [0.1, 0.15) is 44.6 Å². The molecular formula is C19H27NO3. The highest BCUT2D eigenvalue weighted by Crippen LogP contribution is 2.35. The summed E-state index contributed by atoms with van der Waals surface area (Å²) in [7, 11) is 0. The van der Waals surface area contributed by atoms with Gasteiger partial charge in [-0.15, -0.1) is 0 Å². The number of benzene rings is 1. The molecule has 0 unspecified atom stereocenters. The SMILES string of the molecule is CCc1ccccc1OCCN1CC[C@@]2(CCCO2)CCC1=O. The number of carbonyl (C=O) groups excluding carboxylic acids is 1. The third-order valence-corrected chi connectivity index (χ3v) is 5.14. The van der Waals surface area contributed by atoms with Crippen molar-refractivity contribution < 1.29 is 14.3 Å². The number of amides is 1. The molecule has 23 heavy (non-hydrogen) atoms. The van der Waals surface area contributed by atoms with Crippen LogP contribution in [-0.2, 0) is 16.0 Å². The summed E-state index contributed by atoms with van der Waals surface area (Å²) in [5.74, 6) is 1.18. The minimum Gasteiger partial charge on any atom is -0.491 e. The van der Waals surface area contributed by atoms with Crippen molar-refractivity contribution in [3.8, 4) is 5.75 Å². The van der Waals surface area contributed by atoms with Gasteiger partial charge in [-0.1, -0.05) is 25.1 Å². The summed E-state index contributed by atoms with van der Waals surface area (Å²) >= 11 is 0. The lowest BCUT2D eigenvalue weighted by Crippen LogP contribution is -2.35. The predicted molar refractivity (Wildman–Crippen MR) is 89.7 cm³/mol. The van der Waals surface area contributed by atoms with Gasteiger partial charge in [0.15, 0.2) is 0 Å². The quantitative estimate of drug-likeness (QED) is 0.837. The van der Waals surface area contributed by atoms with Gasteiger partial charge >= 0.3 is 0 Å². The first-order valence-corrected chi connectivity index (χ1v) is 8.85. The lowest BCUT2D eigenvalue weighted by Gasteiger charge is -2.26. The molecule has 1 amide bonds. The Kier molecular flexibility index (Phi) is 5.21. The van der Waals surface area contributed by atoms with Crippen molar-refractivity contribution in [3.05, 3.63) is 29.8 Å². The molecule has 2 aliphatic rings. The Bertz CT molecular complexity index is 537. The van der Waals surface area contributed by atoms with Crippen LogP contribution in [0, 0.1) is 0 Å². The number of likely N-dealkylation sites (tertiary alicyclic amines) is 1. The molecule has 126 valence electrons. The molecule has 4 heteroatoms. The van der Waals surface area contributed by atoms with Crippen LogP contribution >= 0.6 is 0 Å². The van der Waals surface area contributed by atoms with Crippen molar-refractivity contribution in [1.29, 1.82) is 0 Å². The zero-order chi connectivity index (χ0) is 16.1. The molecule has 0 radical (unpaired) electrons. The largest absolute Gasteiger partial charge is 0.491 e. The van der Waals surface area contributed by atoms with E-state index in [0.29, 0.717) is 19.6 Å². The van der Waals surface area contributed by atoms with Crippen molar-refractivity contribution in [2.24, 2.45) is 0 Å². The summed E-state index contributed by atoms with van der Waals surface area (Å²) < 4.78 is 11.9. The molecule has 2 aliphatic heterocycles. The van der Waals surface area contributed by atoms with Crippen molar-refractivity contribution in [2.75, 3.05) is 26.3 Å². The van der Waals surface area contributed by atoms with E-state index in [1.165, 1.54) is 5.56 Å². The average molecular weight is 317 g/mol. The van der Waals surface area contributed by atoms with E-state index < -0.39 is 0 Å². The Balaban J connectivity index is 1.52. The number of hydrogen-bond donors (Lipinski definition) is 0. The van der Waals surface area contributed by atoms with Gasteiger partial charge in [0.2, 0.25) is 5.91 Å². The third-order valence-electron chi connectivity index (χ3n) is 5.14. The zero-order valence-corrected chi connectivity index (χ0v) is 14.1. The Labute approximate surface area is 138 Å². The molecule has 2 saturated heterocycles. The number of ether oxygens (including phenoxy) is 2. The lowest BCUT2D eigenvalue weighted by atomic mass is 9.92. The normalized spacial score (nSPS) is 24.9. The second-order valence-electron chi connectivity index (χ2n) is 6.58. The Hall–Kier alpha value is -1.55. The molecule has 2 heterocycles. The highest BCUT2D eigenvalue weighted by atomic mass is 16.5. The van der Waals surface area contributed by atoms with E-state index in [1.807, 2.05) is 23.1 Å². The molecule has 0 aliphatic carbocycles. The molecule has 2 fully saturated rings. The maximum atomic E-state index is 12.3. The van der Waals surface area contributed by atoms with E-state index in [0.717, 1.165) is 51.0 Å².